The predicted molar refractivity (Wildman–Crippen MR) is 54.5 cm³/mol. The minimum Gasteiger partial charge on any atom is -0.350 e. The van der Waals surface area contributed by atoms with E-state index in [0.29, 0.717) is 0 Å². The zero-order chi connectivity index (χ0) is 10.1. The van der Waals surface area contributed by atoms with Crippen molar-refractivity contribution < 1.29 is 4.79 Å². The molecule has 1 saturated carbocycles. The molecule has 1 rings (SSSR count). The Labute approximate surface area is 81.1 Å². The molecule has 0 heterocycles. The van der Waals surface area contributed by atoms with E-state index in [0.717, 1.165) is 19.3 Å². The Balaban J connectivity index is 2.52. The maximum atomic E-state index is 11.7. The van der Waals surface area contributed by atoms with Crippen molar-refractivity contribution in [2.45, 2.75) is 58.9 Å². The van der Waals surface area contributed by atoms with Gasteiger partial charge in [-0.25, -0.2) is 0 Å². The lowest BCUT2D eigenvalue weighted by molar-refractivity contribution is -0.131. The van der Waals surface area contributed by atoms with Gasteiger partial charge in [0.05, 0.1) is 0 Å². The third-order valence-electron chi connectivity index (χ3n) is 3.05. The second-order valence-electron chi connectivity index (χ2n) is 5.19. The Morgan fingerprint density at radius 1 is 1.38 bits per heavy atom. The first-order valence-corrected chi connectivity index (χ1v) is 5.22. The van der Waals surface area contributed by atoms with Gasteiger partial charge in [0.15, 0.2) is 0 Å². The van der Waals surface area contributed by atoms with E-state index in [9.17, 15) is 4.79 Å². The maximum Gasteiger partial charge on any atom is 0.225 e. The molecule has 0 bridgehead atoms. The minimum absolute atomic E-state index is 0.143. The highest BCUT2D eigenvalue weighted by Crippen LogP contribution is 2.35. The van der Waals surface area contributed by atoms with Crippen LogP contribution in [-0.4, -0.2) is 11.4 Å². The van der Waals surface area contributed by atoms with Crippen molar-refractivity contribution in [2.75, 3.05) is 0 Å². The summed E-state index contributed by atoms with van der Waals surface area (Å²) in [6.07, 6.45) is 4.64. The summed E-state index contributed by atoms with van der Waals surface area (Å²) >= 11 is 0. The SMILES string of the molecule is CCC1(NC(=O)C(C)(C)C)CCC1. The zero-order valence-electron chi connectivity index (χ0n) is 9.24. The van der Waals surface area contributed by atoms with E-state index in [4.69, 9.17) is 0 Å². The molecule has 0 aromatic rings. The molecule has 0 spiro atoms. The van der Waals surface area contributed by atoms with E-state index in [-0.39, 0.29) is 16.9 Å². The van der Waals surface area contributed by atoms with E-state index < -0.39 is 0 Å². The molecule has 2 heteroatoms. The van der Waals surface area contributed by atoms with Crippen LogP contribution in [0.15, 0.2) is 0 Å². The quantitative estimate of drug-likeness (QED) is 0.700. The van der Waals surface area contributed by atoms with Crippen LogP contribution in [0.2, 0.25) is 0 Å². The Hall–Kier alpha value is -0.530. The average Bonchev–Trinajstić information content (AvgIpc) is 1.94. The topological polar surface area (TPSA) is 29.1 Å². The molecule has 2 nitrogen and oxygen atoms in total. The van der Waals surface area contributed by atoms with Gasteiger partial charge < -0.3 is 5.32 Å². The molecule has 1 aliphatic rings. The first-order valence-electron chi connectivity index (χ1n) is 5.22. The van der Waals surface area contributed by atoms with Crippen LogP contribution in [0.25, 0.3) is 0 Å². The number of hydrogen-bond acceptors (Lipinski definition) is 1. The smallest absolute Gasteiger partial charge is 0.225 e. The highest BCUT2D eigenvalue weighted by molar-refractivity contribution is 5.82. The van der Waals surface area contributed by atoms with Crippen LogP contribution in [0, 0.1) is 5.41 Å². The fourth-order valence-corrected chi connectivity index (χ4v) is 1.60. The molecule has 0 atom stereocenters. The Morgan fingerprint density at radius 3 is 2.15 bits per heavy atom. The van der Waals surface area contributed by atoms with Crippen LogP contribution < -0.4 is 5.32 Å². The summed E-state index contributed by atoms with van der Waals surface area (Å²) in [6, 6.07) is 0. The van der Waals surface area contributed by atoms with Gasteiger partial charge in [0, 0.05) is 11.0 Å². The number of rotatable bonds is 2. The highest BCUT2D eigenvalue weighted by Gasteiger charge is 2.38. The largest absolute Gasteiger partial charge is 0.350 e. The molecule has 0 aliphatic heterocycles. The minimum atomic E-state index is -0.252. The van der Waals surface area contributed by atoms with Gasteiger partial charge in [-0.3, -0.25) is 4.79 Å². The Bertz CT molecular complexity index is 193. The summed E-state index contributed by atoms with van der Waals surface area (Å²) in [6.45, 7) is 8.04. The van der Waals surface area contributed by atoms with Crippen molar-refractivity contribution in [3.8, 4) is 0 Å². The van der Waals surface area contributed by atoms with E-state index in [1.54, 1.807) is 0 Å². The van der Waals surface area contributed by atoms with Crippen molar-refractivity contribution in [1.82, 2.24) is 5.32 Å². The number of hydrogen-bond donors (Lipinski definition) is 1. The summed E-state index contributed by atoms with van der Waals surface area (Å²) in [5.41, 5.74) is -0.109. The van der Waals surface area contributed by atoms with Crippen molar-refractivity contribution in [3.63, 3.8) is 0 Å². The van der Waals surface area contributed by atoms with Crippen LogP contribution in [0.4, 0.5) is 0 Å². The number of carbonyl (C=O) groups is 1. The number of nitrogens with one attached hydrogen (secondary N) is 1. The highest BCUT2D eigenvalue weighted by atomic mass is 16.2. The maximum absolute atomic E-state index is 11.7. The first-order chi connectivity index (χ1) is 5.90. The summed E-state index contributed by atoms with van der Waals surface area (Å²) in [5, 5.41) is 3.18. The predicted octanol–water partition coefficient (Wildman–Crippen LogP) is 2.48. The van der Waals surface area contributed by atoms with Crippen molar-refractivity contribution in [2.24, 2.45) is 5.41 Å². The summed E-state index contributed by atoms with van der Waals surface area (Å²) in [7, 11) is 0. The summed E-state index contributed by atoms with van der Waals surface area (Å²) < 4.78 is 0. The molecular weight excluding hydrogens is 162 g/mol. The Morgan fingerprint density at radius 2 is 1.92 bits per heavy atom. The molecule has 0 aromatic carbocycles. The monoisotopic (exact) mass is 183 g/mol. The second kappa shape index (κ2) is 3.32. The van der Waals surface area contributed by atoms with Crippen molar-refractivity contribution in [1.29, 1.82) is 0 Å². The van der Waals surface area contributed by atoms with Crippen LogP contribution in [-0.2, 0) is 4.79 Å². The molecule has 76 valence electrons. The van der Waals surface area contributed by atoms with Gasteiger partial charge in [-0.2, -0.15) is 0 Å². The molecular formula is C11H21NO. The first kappa shape index (κ1) is 10.6. The van der Waals surface area contributed by atoms with Gasteiger partial charge in [0.1, 0.15) is 0 Å². The van der Waals surface area contributed by atoms with E-state index in [1.165, 1.54) is 6.42 Å². The standard InChI is InChI=1S/C11H21NO/c1-5-11(7-6-8-11)12-9(13)10(2,3)4/h5-8H2,1-4H3,(H,12,13). The fraction of sp³-hybridized carbons (Fsp3) is 0.909. The zero-order valence-corrected chi connectivity index (χ0v) is 9.24. The molecule has 1 aliphatic carbocycles. The molecule has 0 aromatic heterocycles. The third-order valence-corrected chi connectivity index (χ3v) is 3.05. The molecule has 0 radical (unpaired) electrons. The molecule has 1 N–H and O–H groups in total. The second-order valence-corrected chi connectivity index (χ2v) is 5.19. The Kier molecular flexibility index (Phi) is 2.69. The third kappa shape index (κ3) is 2.23. The van der Waals surface area contributed by atoms with Crippen molar-refractivity contribution >= 4 is 5.91 Å². The van der Waals surface area contributed by atoms with Gasteiger partial charge in [-0.1, -0.05) is 27.7 Å². The average molecular weight is 183 g/mol. The van der Waals surface area contributed by atoms with Crippen molar-refractivity contribution in [3.05, 3.63) is 0 Å². The van der Waals surface area contributed by atoms with Crippen LogP contribution in [0.1, 0.15) is 53.4 Å². The van der Waals surface area contributed by atoms with Gasteiger partial charge in [-0.15, -0.1) is 0 Å². The fourth-order valence-electron chi connectivity index (χ4n) is 1.60. The molecule has 0 saturated heterocycles. The molecule has 1 amide bonds. The van der Waals surface area contributed by atoms with Crippen LogP contribution in [0.5, 0.6) is 0 Å². The van der Waals surface area contributed by atoms with Crippen LogP contribution >= 0.6 is 0 Å². The number of amides is 1. The normalized spacial score (nSPS) is 20.6. The van der Waals surface area contributed by atoms with Gasteiger partial charge >= 0.3 is 0 Å². The lowest BCUT2D eigenvalue weighted by Crippen LogP contribution is -2.55. The van der Waals surface area contributed by atoms with E-state index in [1.807, 2.05) is 20.8 Å². The summed E-state index contributed by atoms with van der Waals surface area (Å²) in [4.78, 5) is 11.7. The lowest BCUT2D eigenvalue weighted by atomic mass is 9.74. The van der Waals surface area contributed by atoms with E-state index >= 15 is 0 Å². The lowest BCUT2D eigenvalue weighted by Gasteiger charge is -2.43. The molecule has 13 heavy (non-hydrogen) atoms. The molecule has 0 unspecified atom stereocenters. The van der Waals surface area contributed by atoms with Gasteiger partial charge in [0.2, 0.25) is 5.91 Å². The number of carbonyl (C=O) groups excluding carboxylic acids is 1. The summed E-state index contributed by atoms with van der Waals surface area (Å²) in [5.74, 6) is 0.189. The van der Waals surface area contributed by atoms with Gasteiger partial charge in [0.25, 0.3) is 0 Å². The van der Waals surface area contributed by atoms with Gasteiger partial charge in [-0.05, 0) is 25.7 Å². The van der Waals surface area contributed by atoms with E-state index in [2.05, 4.69) is 12.2 Å². The molecule has 1 fully saturated rings. The van der Waals surface area contributed by atoms with Crippen LogP contribution in [0.3, 0.4) is 0 Å².